The van der Waals surface area contributed by atoms with Crippen molar-refractivity contribution in [2.45, 2.75) is 25.9 Å². The molecule has 2 amide bonds. The van der Waals surface area contributed by atoms with Gasteiger partial charge in [0.25, 0.3) is 0 Å². The van der Waals surface area contributed by atoms with Gasteiger partial charge in [0.1, 0.15) is 6.04 Å². The van der Waals surface area contributed by atoms with Gasteiger partial charge in [0.2, 0.25) is 0 Å². The number of hydrogen-bond donors (Lipinski definition) is 3. The monoisotopic (exact) mass is 314 g/mol. The molecule has 6 heteroatoms. The standard InChI is InChI=1S/C12H15BrN2O3/c1-7(9-3-5-10(13)6-4-9)14-12(18)15-8(2)11(16)17/h3-8H,1-2H3,(H,16,17)(H2,14,15,18)/t7?,8-/m1/s1. The van der Waals surface area contributed by atoms with E-state index < -0.39 is 18.0 Å². The van der Waals surface area contributed by atoms with Crippen molar-refractivity contribution in [1.82, 2.24) is 10.6 Å². The van der Waals surface area contributed by atoms with E-state index >= 15 is 0 Å². The van der Waals surface area contributed by atoms with Crippen molar-refractivity contribution < 1.29 is 14.7 Å². The maximum atomic E-state index is 11.5. The first-order valence-electron chi connectivity index (χ1n) is 5.45. The van der Waals surface area contributed by atoms with Crippen LogP contribution in [0.4, 0.5) is 4.79 Å². The summed E-state index contributed by atoms with van der Waals surface area (Å²) in [7, 11) is 0. The summed E-state index contributed by atoms with van der Waals surface area (Å²) in [6.45, 7) is 3.24. The second-order valence-corrected chi connectivity index (χ2v) is 4.87. The van der Waals surface area contributed by atoms with Gasteiger partial charge in [-0.3, -0.25) is 4.79 Å². The number of carbonyl (C=O) groups excluding carboxylic acids is 1. The van der Waals surface area contributed by atoms with Crippen LogP contribution in [0.2, 0.25) is 0 Å². The lowest BCUT2D eigenvalue weighted by Crippen LogP contribution is -2.45. The minimum atomic E-state index is -1.07. The summed E-state index contributed by atoms with van der Waals surface area (Å²) in [6.07, 6.45) is 0. The summed E-state index contributed by atoms with van der Waals surface area (Å²) in [5.41, 5.74) is 0.941. The third-order valence-electron chi connectivity index (χ3n) is 2.44. The fourth-order valence-electron chi connectivity index (χ4n) is 1.33. The van der Waals surface area contributed by atoms with Crippen molar-refractivity contribution in [2.75, 3.05) is 0 Å². The van der Waals surface area contributed by atoms with Crippen LogP contribution in [0.15, 0.2) is 28.7 Å². The van der Waals surface area contributed by atoms with Gasteiger partial charge in [-0.1, -0.05) is 28.1 Å². The Morgan fingerprint density at radius 2 is 1.72 bits per heavy atom. The molecule has 0 bridgehead atoms. The Balaban J connectivity index is 2.54. The Labute approximate surface area is 114 Å². The van der Waals surface area contributed by atoms with Crippen LogP contribution in [-0.4, -0.2) is 23.1 Å². The van der Waals surface area contributed by atoms with Crippen LogP contribution >= 0.6 is 15.9 Å². The third-order valence-corrected chi connectivity index (χ3v) is 2.96. The normalized spacial score (nSPS) is 13.5. The number of nitrogens with one attached hydrogen (secondary N) is 2. The number of aliphatic carboxylic acids is 1. The van der Waals surface area contributed by atoms with Gasteiger partial charge in [-0.05, 0) is 31.5 Å². The molecule has 0 saturated heterocycles. The van der Waals surface area contributed by atoms with Gasteiger partial charge >= 0.3 is 12.0 Å². The molecule has 0 fully saturated rings. The lowest BCUT2D eigenvalue weighted by molar-refractivity contribution is -0.138. The Morgan fingerprint density at radius 1 is 1.17 bits per heavy atom. The van der Waals surface area contributed by atoms with E-state index in [1.807, 2.05) is 31.2 Å². The van der Waals surface area contributed by atoms with E-state index in [0.717, 1.165) is 10.0 Å². The molecule has 0 aliphatic heterocycles. The Kier molecular flexibility index (Phi) is 5.15. The van der Waals surface area contributed by atoms with Gasteiger partial charge in [0.05, 0.1) is 6.04 Å². The van der Waals surface area contributed by atoms with Gasteiger partial charge in [-0.25, -0.2) is 4.79 Å². The zero-order chi connectivity index (χ0) is 13.7. The fraction of sp³-hybridized carbons (Fsp3) is 0.333. The van der Waals surface area contributed by atoms with Crippen LogP contribution in [0, 0.1) is 0 Å². The van der Waals surface area contributed by atoms with Crippen molar-refractivity contribution in [1.29, 1.82) is 0 Å². The second-order valence-electron chi connectivity index (χ2n) is 3.95. The maximum Gasteiger partial charge on any atom is 0.325 e. The Hall–Kier alpha value is -1.56. The highest BCUT2D eigenvalue weighted by molar-refractivity contribution is 9.10. The minimum Gasteiger partial charge on any atom is -0.480 e. The second kappa shape index (κ2) is 6.39. The van der Waals surface area contributed by atoms with Gasteiger partial charge in [-0.2, -0.15) is 0 Å². The number of urea groups is 1. The van der Waals surface area contributed by atoms with E-state index in [9.17, 15) is 9.59 Å². The van der Waals surface area contributed by atoms with Crippen LogP contribution in [0.1, 0.15) is 25.5 Å². The van der Waals surface area contributed by atoms with Crippen LogP contribution in [0.3, 0.4) is 0 Å². The first kappa shape index (κ1) is 14.5. The molecule has 0 aliphatic carbocycles. The largest absolute Gasteiger partial charge is 0.480 e. The molecule has 2 atom stereocenters. The van der Waals surface area contributed by atoms with E-state index in [4.69, 9.17) is 5.11 Å². The average Bonchev–Trinajstić information content (AvgIpc) is 2.29. The zero-order valence-corrected chi connectivity index (χ0v) is 11.7. The summed E-state index contributed by atoms with van der Waals surface area (Å²) in [4.78, 5) is 22.1. The fourth-order valence-corrected chi connectivity index (χ4v) is 1.60. The highest BCUT2D eigenvalue weighted by Crippen LogP contribution is 2.16. The maximum absolute atomic E-state index is 11.5. The first-order valence-corrected chi connectivity index (χ1v) is 6.24. The van der Waals surface area contributed by atoms with Crippen LogP contribution in [0.25, 0.3) is 0 Å². The van der Waals surface area contributed by atoms with Crippen molar-refractivity contribution in [2.24, 2.45) is 0 Å². The summed E-state index contributed by atoms with van der Waals surface area (Å²) in [5, 5.41) is 13.7. The van der Waals surface area contributed by atoms with E-state index in [1.165, 1.54) is 6.92 Å². The number of rotatable bonds is 4. The number of amides is 2. The summed E-state index contributed by atoms with van der Waals surface area (Å²) in [5.74, 6) is -1.07. The highest BCUT2D eigenvalue weighted by atomic mass is 79.9. The molecular weight excluding hydrogens is 300 g/mol. The summed E-state index contributed by atoms with van der Waals surface area (Å²) >= 11 is 3.33. The molecule has 1 aromatic rings. The molecule has 18 heavy (non-hydrogen) atoms. The molecular formula is C12H15BrN2O3. The number of hydrogen-bond acceptors (Lipinski definition) is 2. The number of benzene rings is 1. The molecule has 0 heterocycles. The van der Waals surface area contributed by atoms with Crippen molar-refractivity contribution >= 4 is 27.9 Å². The summed E-state index contributed by atoms with van der Waals surface area (Å²) < 4.78 is 0.961. The zero-order valence-electron chi connectivity index (χ0n) is 10.1. The molecule has 1 aromatic carbocycles. The van der Waals surface area contributed by atoms with E-state index in [1.54, 1.807) is 0 Å². The number of halogens is 1. The quantitative estimate of drug-likeness (QED) is 0.797. The van der Waals surface area contributed by atoms with E-state index in [-0.39, 0.29) is 6.04 Å². The predicted octanol–water partition coefficient (Wildman–Crippen LogP) is 2.28. The summed E-state index contributed by atoms with van der Waals surface area (Å²) in [6, 6.07) is 5.92. The molecule has 0 radical (unpaired) electrons. The number of carbonyl (C=O) groups is 2. The smallest absolute Gasteiger partial charge is 0.325 e. The topological polar surface area (TPSA) is 78.4 Å². The molecule has 98 valence electrons. The van der Waals surface area contributed by atoms with Gasteiger partial charge < -0.3 is 15.7 Å². The van der Waals surface area contributed by atoms with Crippen molar-refractivity contribution in [3.8, 4) is 0 Å². The predicted molar refractivity (Wildman–Crippen MR) is 71.3 cm³/mol. The van der Waals surface area contributed by atoms with Gasteiger partial charge in [0, 0.05) is 4.47 Å². The third kappa shape index (κ3) is 4.37. The van der Waals surface area contributed by atoms with Crippen LogP contribution in [0.5, 0.6) is 0 Å². The first-order chi connectivity index (χ1) is 8.40. The molecule has 5 nitrogen and oxygen atoms in total. The minimum absolute atomic E-state index is 0.195. The number of carboxylic acids is 1. The Bertz CT molecular complexity index is 433. The molecule has 0 aliphatic rings. The molecule has 1 rings (SSSR count). The van der Waals surface area contributed by atoms with Gasteiger partial charge in [0.15, 0.2) is 0 Å². The Morgan fingerprint density at radius 3 is 2.22 bits per heavy atom. The molecule has 0 aromatic heterocycles. The SMILES string of the molecule is CC(NC(=O)N[C@H](C)C(=O)O)c1ccc(Br)cc1. The van der Waals surface area contributed by atoms with Gasteiger partial charge in [-0.15, -0.1) is 0 Å². The molecule has 1 unspecified atom stereocenters. The highest BCUT2D eigenvalue weighted by Gasteiger charge is 2.15. The molecule has 3 N–H and O–H groups in total. The van der Waals surface area contributed by atoms with E-state index in [2.05, 4.69) is 26.6 Å². The molecule has 0 spiro atoms. The van der Waals surface area contributed by atoms with Crippen LogP contribution < -0.4 is 10.6 Å². The molecule has 0 saturated carbocycles. The van der Waals surface area contributed by atoms with E-state index in [0.29, 0.717) is 0 Å². The van der Waals surface area contributed by atoms with Crippen molar-refractivity contribution in [3.63, 3.8) is 0 Å². The van der Waals surface area contributed by atoms with Crippen molar-refractivity contribution in [3.05, 3.63) is 34.3 Å². The number of carboxylic acid groups (broad SMARTS) is 1. The lowest BCUT2D eigenvalue weighted by Gasteiger charge is -2.16. The lowest BCUT2D eigenvalue weighted by atomic mass is 10.1. The van der Waals surface area contributed by atoms with Crippen LogP contribution in [-0.2, 0) is 4.79 Å². The average molecular weight is 315 g/mol.